The molecule has 19 heavy (non-hydrogen) atoms. The molecule has 0 fully saturated rings. The van der Waals surface area contributed by atoms with Crippen molar-refractivity contribution in [3.05, 3.63) is 29.8 Å². The van der Waals surface area contributed by atoms with Gasteiger partial charge in [-0.15, -0.1) is 0 Å². The van der Waals surface area contributed by atoms with Gasteiger partial charge in [0.1, 0.15) is 5.75 Å². The van der Waals surface area contributed by atoms with Crippen molar-refractivity contribution in [1.82, 2.24) is 9.80 Å². The van der Waals surface area contributed by atoms with E-state index in [-0.39, 0.29) is 0 Å². The van der Waals surface area contributed by atoms with Crippen molar-refractivity contribution in [2.45, 2.75) is 12.5 Å². The van der Waals surface area contributed by atoms with Crippen molar-refractivity contribution in [3.63, 3.8) is 0 Å². The number of ether oxygens (including phenoxy) is 1. The second kappa shape index (κ2) is 8.15. The molecule has 0 radical (unpaired) electrons. The monoisotopic (exact) mass is 266 g/mol. The van der Waals surface area contributed by atoms with E-state index in [0.717, 1.165) is 30.8 Å². The van der Waals surface area contributed by atoms with Crippen molar-refractivity contribution < 1.29 is 9.84 Å². The van der Waals surface area contributed by atoms with Gasteiger partial charge < -0.3 is 19.6 Å². The predicted octanol–water partition coefficient (Wildman–Crippen LogP) is 1.61. The van der Waals surface area contributed by atoms with Crippen LogP contribution in [-0.2, 0) is 0 Å². The molecule has 0 amide bonds. The van der Waals surface area contributed by atoms with Crippen LogP contribution in [0.15, 0.2) is 24.3 Å². The van der Waals surface area contributed by atoms with Crippen LogP contribution in [-0.4, -0.2) is 62.8 Å². The maximum absolute atomic E-state index is 10.2. The largest absolute Gasteiger partial charge is 0.497 e. The standard InChI is InChI=1S/C15H26N2O2/c1-16(2)9-6-10-17(3)12-15(18)13-7-5-8-14(11-13)19-4/h5,7-8,11,15,18H,6,9-10,12H2,1-4H3. The van der Waals surface area contributed by atoms with Gasteiger partial charge in [-0.05, 0) is 58.3 Å². The van der Waals surface area contributed by atoms with Gasteiger partial charge in [0.05, 0.1) is 13.2 Å². The lowest BCUT2D eigenvalue weighted by molar-refractivity contribution is 0.124. The van der Waals surface area contributed by atoms with E-state index in [1.165, 1.54) is 0 Å². The molecule has 4 nitrogen and oxygen atoms in total. The molecule has 0 aliphatic heterocycles. The average molecular weight is 266 g/mol. The number of rotatable bonds is 8. The summed E-state index contributed by atoms with van der Waals surface area (Å²) in [6, 6.07) is 7.61. The smallest absolute Gasteiger partial charge is 0.119 e. The number of hydrogen-bond donors (Lipinski definition) is 1. The van der Waals surface area contributed by atoms with Crippen molar-refractivity contribution in [3.8, 4) is 5.75 Å². The molecular weight excluding hydrogens is 240 g/mol. The van der Waals surface area contributed by atoms with Crippen LogP contribution in [0.3, 0.4) is 0 Å². The molecule has 1 atom stereocenters. The van der Waals surface area contributed by atoms with Crippen molar-refractivity contribution in [2.24, 2.45) is 0 Å². The molecule has 0 heterocycles. The molecule has 0 saturated carbocycles. The normalized spacial score (nSPS) is 13.0. The molecule has 1 aromatic rings. The Balaban J connectivity index is 2.42. The molecule has 1 rings (SSSR count). The van der Waals surface area contributed by atoms with E-state index in [2.05, 4.69) is 23.9 Å². The zero-order valence-corrected chi connectivity index (χ0v) is 12.5. The van der Waals surface area contributed by atoms with Gasteiger partial charge in [0.15, 0.2) is 0 Å². The lowest BCUT2D eigenvalue weighted by atomic mass is 10.1. The van der Waals surface area contributed by atoms with Crippen LogP contribution < -0.4 is 4.74 Å². The quantitative estimate of drug-likeness (QED) is 0.775. The third kappa shape index (κ3) is 6.05. The van der Waals surface area contributed by atoms with Gasteiger partial charge in [-0.25, -0.2) is 0 Å². The Kier molecular flexibility index (Phi) is 6.84. The summed E-state index contributed by atoms with van der Waals surface area (Å²) in [7, 11) is 7.83. The number of nitrogens with zero attached hydrogens (tertiary/aromatic N) is 2. The molecule has 0 aliphatic carbocycles. The molecule has 1 aromatic carbocycles. The summed E-state index contributed by atoms with van der Waals surface area (Å²) in [6.45, 7) is 2.69. The van der Waals surface area contributed by atoms with Crippen molar-refractivity contribution >= 4 is 0 Å². The summed E-state index contributed by atoms with van der Waals surface area (Å²) < 4.78 is 5.17. The third-order valence-electron chi connectivity index (χ3n) is 3.11. The second-order valence-corrected chi connectivity index (χ2v) is 5.21. The second-order valence-electron chi connectivity index (χ2n) is 5.21. The summed E-state index contributed by atoms with van der Waals surface area (Å²) in [5, 5.41) is 10.2. The van der Waals surface area contributed by atoms with Crippen LogP contribution in [0, 0.1) is 0 Å². The van der Waals surface area contributed by atoms with Crippen molar-refractivity contribution in [2.75, 3.05) is 47.9 Å². The molecule has 0 aromatic heterocycles. The minimum atomic E-state index is -0.473. The Bertz CT molecular complexity index is 369. The first-order valence-corrected chi connectivity index (χ1v) is 6.68. The summed E-state index contributed by atoms with van der Waals surface area (Å²) in [6.07, 6.45) is 0.633. The Morgan fingerprint density at radius 2 is 1.95 bits per heavy atom. The van der Waals surface area contributed by atoms with Crippen LogP contribution in [0.1, 0.15) is 18.1 Å². The molecule has 108 valence electrons. The summed E-state index contributed by atoms with van der Waals surface area (Å²) in [5.41, 5.74) is 0.902. The van der Waals surface area contributed by atoms with E-state index < -0.39 is 6.10 Å². The summed E-state index contributed by atoms with van der Waals surface area (Å²) >= 11 is 0. The van der Waals surface area contributed by atoms with E-state index in [1.54, 1.807) is 7.11 Å². The highest BCUT2D eigenvalue weighted by molar-refractivity contribution is 5.29. The molecule has 0 spiro atoms. The Hall–Kier alpha value is -1.10. The average Bonchev–Trinajstić information content (AvgIpc) is 2.38. The highest BCUT2D eigenvalue weighted by Crippen LogP contribution is 2.19. The molecule has 1 unspecified atom stereocenters. The highest BCUT2D eigenvalue weighted by atomic mass is 16.5. The van der Waals surface area contributed by atoms with Gasteiger partial charge in [-0.1, -0.05) is 12.1 Å². The number of aliphatic hydroxyl groups is 1. The Morgan fingerprint density at radius 1 is 1.21 bits per heavy atom. The van der Waals surface area contributed by atoms with Crippen LogP contribution in [0.2, 0.25) is 0 Å². The lowest BCUT2D eigenvalue weighted by Crippen LogP contribution is -2.27. The fourth-order valence-corrected chi connectivity index (χ4v) is 2.00. The van der Waals surface area contributed by atoms with Gasteiger partial charge in [0, 0.05) is 6.54 Å². The molecular formula is C15H26N2O2. The number of benzene rings is 1. The third-order valence-corrected chi connectivity index (χ3v) is 3.11. The van der Waals surface area contributed by atoms with Crippen LogP contribution in [0.25, 0.3) is 0 Å². The van der Waals surface area contributed by atoms with E-state index in [0.29, 0.717) is 6.54 Å². The minimum absolute atomic E-state index is 0.473. The number of aliphatic hydroxyl groups excluding tert-OH is 1. The van der Waals surface area contributed by atoms with Gasteiger partial charge in [0.2, 0.25) is 0 Å². The zero-order chi connectivity index (χ0) is 14.3. The predicted molar refractivity (Wildman–Crippen MR) is 78.6 cm³/mol. The first-order valence-electron chi connectivity index (χ1n) is 6.68. The van der Waals surface area contributed by atoms with E-state index >= 15 is 0 Å². The molecule has 0 bridgehead atoms. The number of hydrogen-bond acceptors (Lipinski definition) is 4. The maximum Gasteiger partial charge on any atom is 0.119 e. The summed E-state index contributed by atoms with van der Waals surface area (Å²) in [5.74, 6) is 0.784. The van der Waals surface area contributed by atoms with Gasteiger partial charge in [-0.2, -0.15) is 0 Å². The number of methoxy groups -OCH3 is 1. The van der Waals surface area contributed by atoms with Crippen LogP contribution >= 0.6 is 0 Å². The highest BCUT2D eigenvalue weighted by Gasteiger charge is 2.11. The van der Waals surface area contributed by atoms with Gasteiger partial charge in [-0.3, -0.25) is 0 Å². The van der Waals surface area contributed by atoms with Crippen LogP contribution in [0.4, 0.5) is 0 Å². The Morgan fingerprint density at radius 3 is 2.58 bits per heavy atom. The van der Waals surface area contributed by atoms with Crippen LogP contribution in [0.5, 0.6) is 5.75 Å². The zero-order valence-electron chi connectivity index (χ0n) is 12.5. The molecule has 0 saturated heterocycles. The maximum atomic E-state index is 10.2. The Labute approximate surface area is 116 Å². The minimum Gasteiger partial charge on any atom is -0.497 e. The number of likely N-dealkylation sites (N-methyl/N-ethyl adjacent to an activating group) is 1. The first-order chi connectivity index (χ1) is 9.02. The van der Waals surface area contributed by atoms with E-state index in [9.17, 15) is 5.11 Å². The fourth-order valence-electron chi connectivity index (χ4n) is 2.00. The first kappa shape index (κ1) is 16.0. The lowest BCUT2D eigenvalue weighted by Gasteiger charge is -2.21. The van der Waals surface area contributed by atoms with Gasteiger partial charge in [0.25, 0.3) is 0 Å². The van der Waals surface area contributed by atoms with E-state index in [4.69, 9.17) is 4.74 Å². The van der Waals surface area contributed by atoms with Gasteiger partial charge >= 0.3 is 0 Å². The topological polar surface area (TPSA) is 35.9 Å². The SMILES string of the molecule is COc1cccc(C(O)CN(C)CCCN(C)C)c1. The summed E-state index contributed by atoms with van der Waals surface area (Å²) in [4.78, 5) is 4.33. The molecule has 1 N–H and O–H groups in total. The van der Waals surface area contributed by atoms with Crippen molar-refractivity contribution in [1.29, 1.82) is 0 Å². The molecule has 0 aliphatic rings. The van der Waals surface area contributed by atoms with E-state index in [1.807, 2.05) is 31.3 Å². The molecule has 4 heteroatoms. The fraction of sp³-hybridized carbons (Fsp3) is 0.600.